The van der Waals surface area contributed by atoms with Crippen LogP contribution in [0, 0.1) is 17.0 Å². The second-order valence-corrected chi connectivity index (χ2v) is 7.75. The van der Waals surface area contributed by atoms with Gasteiger partial charge in [0, 0.05) is 41.4 Å². The first-order chi connectivity index (χ1) is 15.8. The van der Waals surface area contributed by atoms with Crippen molar-refractivity contribution in [3.63, 3.8) is 0 Å². The van der Waals surface area contributed by atoms with Gasteiger partial charge in [-0.1, -0.05) is 16.8 Å². The largest absolute Gasteiger partial charge is 0.457 e. The third-order valence-corrected chi connectivity index (χ3v) is 5.35. The van der Waals surface area contributed by atoms with Crippen LogP contribution >= 0.6 is 11.6 Å². The summed E-state index contributed by atoms with van der Waals surface area (Å²) in [5, 5.41) is 22.9. The molecule has 1 aromatic heterocycles. The number of nitro benzene ring substituents is 1. The van der Waals surface area contributed by atoms with Crippen molar-refractivity contribution in [2.45, 2.75) is 32.9 Å². The number of nitrogens with one attached hydrogen (secondary N) is 1. The molecule has 10 nitrogen and oxygen atoms in total. The van der Waals surface area contributed by atoms with Crippen molar-refractivity contribution in [1.29, 1.82) is 0 Å². The molecule has 0 saturated carbocycles. The van der Waals surface area contributed by atoms with E-state index in [4.69, 9.17) is 21.2 Å². The molecule has 0 unspecified atom stereocenters. The molecule has 0 aliphatic carbocycles. The van der Waals surface area contributed by atoms with Crippen LogP contribution in [0.25, 0.3) is 0 Å². The summed E-state index contributed by atoms with van der Waals surface area (Å²) in [6.45, 7) is 4.63. The van der Waals surface area contributed by atoms with Gasteiger partial charge in [0.05, 0.1) is 28.6 Å². The lowest BCUT2D eigenvalue weighted by Crippen LogP contribution is -2.28. The molecule has 11 heteroatoms. The van der Waals surface area contributed by atoms with Gasteiger partial charge in [0.1, 0.15) is 11.5 Å². The fraction of sp³-hybridized carbons (Fsp3) is 0.227. The Bertz CT molecular complexity index is 1240. The summed E-state index contributed by atoms with van der Waals surface area (Å²) >= 11 is 5.87. The molecule has 2 heterocycles. The summed E-state index contributed by atoms with van der Waals surface area (Å²) in [7, 11) is 0. The molecule has 2 aromatic carbocycles. The van der Waals surface area contributed by atoms with Crippen molar-refractivity contribution in [2.24, 2.45) is 5.16 Å². The van der Waals surface area contributed by atoms with Gasteiger partial charge in [-0.15, -0.1) is 0 Å². The molecule has 3 aromatic rings. The van der Waals surface area contributed by atoms with Crippen LogP contribution < -0.4 is 10.1 Å². The lowest BCUT2D eigenvalue weighted by atomic mass is 10.1. The quantitative estimate of drug-likeness (QED) is 0.395. The highest BCUT2D eigenvalue weighted by molar-refractivity contribution is 6.30. The number of rotatable bonds is 7. The standard InChI is InChI=1S/C22H20ClN5O5/c1-3-27-13(2)19(12-24-27)20-11-21(33-26-20)22(29)25-15-8-16(28(30)31)10-18(9-15)32-17-6-4-14(23)5-7-17/h4-10,12,21H,3,11H2,1-2H3,(H,25,29)/t21-/m0/s1. The average Bonchev–Trinajstić information content (AvgIpc) is 3.41. The van der Waals surface area contributed by atoms with E-state index in [-0.39, 0.29) is 23.5 Å². The van der Waals surface area contributed by atoms with E-state index in [0.717, 1.165) is 17.8 Å². The number of ether oxygens (including phenoxy) is 1. The van der Waals surface area contributed by atoms with E-state index in [1.165, 1.54) is 18.2 Å². The molecule has 33 heavy (non-hydrogen) atoms. The molecule has 0 saturated heterocycles. The molecule has 0 spiro atoms. The minimum atomic E-state index is -0.871. The van der Waals surface area contributed by atoms with E-state index in [0.29, 0.717) is 16.5 Å². The van der Waals surface area contributed by atoms with E-state index in [2.05, 4.69) is 15.6 Å². The predicted molar refractivity (Wildman–Crippen MR) is 122 cm³/mol. The van der Waals surface area contributed by atoms with Crippen molar-refractivity contribution in [3.8, 4) is 11.5 Å². The van der Waals surface area contributed by atoms with Crippen LogP contribution in [0.5, 0.6) is 11.5 Å². The van der Waals surface area contributed by atoms with Gasteiger partial charge in [0.15, 0.2) is 0 Å². The first-order valence-corrected chi connectivity index (χ1v) is 10.5. The number of aryl methyl sites for hydroxylation is 1. The van der Waals surface area contributed by atoms with Gasteiger partial charge in [-0.2, -0.15) is 5.10 Å². The van der Waals surface area contributed by atoms with E-state index in [1.54, 1.807) is 30.5 Å². The number of oxime groups is 1. The maximum atomic E-state index is 12.8. The van der Waals surface area contributed by atoms with Gasteiger partial charge in [0.25, 0.3) is 11.6 Å². The molecule has 4 rings (SSSR count). The summed E-state index contributed by atoms with van der Waals surface area (Å²) in [5.74, 6) is 0.151. The minimum absolute atomic E-state index is 0.189. The number of carbonyl (C=O) groups excluding carboxylic acids is 1. The molecule has 170 valence electrons. The Morgan fingerprint density at radius 2 is 2.06 bits per heavy atom. The van der Waals surface area contributed by atoms with Gasteiger partial charge >= 0.3 is 0 Å². The smallest absolute Gasteiger partial charge is 0.275 e. The topological polar surface area (TPSA) is 121 Å². The lowest BCUT2D eigenvalue weighted by molar-refractivity contribution is -0.384. The molecule has 1 aliphatic heterocycles. The summed E-state index contributed by atoms with van der Waals surface area (Å²) in [4.78, 5) is 28.9. The zero-order valence-corrected chi connectivity index (χ0v) is 18.6. The molecular formula is C22H20ClN5O5. The van der Waals surface area contributed by atoms with E-state index >= 15 is 0 Å². The fourth-order valence-electron chi connectivity index (χ4n) is 3.41. The number of hydrogen-bond acceptors (Lipinski definition) is 7. The molecule has 1 atom stereocenters. The number of anilines is 1. The maximum Gasteiger partial charge on any atom is 0.275 e. The highest BCUT2D eigenvalue weighted by Crippen LogP contribution is 2.31. The summed E-state index contributed by atoms with van der Waals surface area (Å²) < 4.78 is 7.53. The number of nitrogens with zero attached hydrogens (tertiary/aromatic N) is 4. The molecule has 0 radical (unpaired) electrons. The predicted octanol–water partition coefficient (Wildman–Crippen LogP) is 4.70. The first-order valence-electron chi connectivity index (χ1n) is 10.1. The maximum absolute atomic E-state index is 12.8. The highest BCUT2D eigenvalue weighted by atomic mass is 35.5. The lowest BCUT2D eigenvalue weighted by Gasteiger charge is -2.11. The molecule has 1 N–H and O–H groups in total. The Kier molecular flexibility index (Phi) is 6.27. The average molecular weight is 470 g/mol. The second kappa shape index (κ2) is 9.29. The molecule has 1 aliphatic rings. The SMILES string of the molecule is CCn1ncc(C2=NO[C@H](C(=O)Nc3cc(Oc4ccc(Cl)cc4)cc([N+](=O)[O-])c3)C2)c1C. The fourth-order valence-corrected chi connectivity index (χ4v) is 3.53. The number of aromatic nitrogens is 2. The normalized spacial score (nSPS) is 15.0. The molecule has 0 fully saturated rings. The molecule has 1 amide bonds. The van der Waals surface area contributed by atoms with Crippen molar-refractivity contribution < 1.29 is 19.3 Å². The van der Waals surface area contributed by atoms with E-state index in [1.807, 2.05) is 18.5 Å². The zero-order chi connectivity index (χ0) is 23.5. The number of carbonyl (C=O) groups is 1. The van der Waals surface area contributed by atoms with Crippen molar-refractivity contribution in [3.05, 3.63) is 75.1 Å². The third-order valence-electron chi connectivity index (χ3n) is 5.09. The number of amides is 1. The number of nitro groups is 1. The molecule has 0 bridgehead atoms. The van der Waals surface area contributed by atoms with Crippen LogP contribution in [-0.4, -0.2) is 32.4 Å². The van der Waals surface area contributed by atoms with Gasteiger partial charge in [-0.05, 0) is 38.1 Å². The van der Waals surface area contributed by atoms with Gasteiger partial charge in [-0.3, -0.25) is 19.6 Å². The van der Waals surface area contributed by atoms with Crippen LogP contribution in [0.15, 0.2) is 53.8 Å². The Labute approximate surface area is 193 Å². The number of non-ortho nitro benzene ring substituents is 1. The Morgan fingerprint density at radius 1 is 1.30 bits per heavy atom. The Morgan fingerprint density at radius 3 is 2.73 bits per heavy atom. The molecular weight excluding hydrogens is 450 g/mol. The summed E-state index contributed by atoms with van der Waals surface area (Å²) in [6.07, 6.45) is 1.08. The van der Waals surface area contributed by atoms with Crippen LogP contribution in [0.1, 0.15) is 24.6 Å². The van der Waals surface area contributed by atoms with Gasteiger partial charge in [0.2, 0.25) is 6.10 Å². The second-order valence-electron chi connectivity index (χ2n) is 7.31. The zero-order valence-electron chi connectivity index (χ0n) is 17.8. The van der Waals surface area contributed by atoms with E-state index < -0.39 is 16.9 Å². The Hall–Kier alpha value is -3.92. The number of benzene rings is 2. The van der Waals surface area contributed by atoms with Crippen LogP contribution in [0.4, 0.5) is 11.4 Å². The number of hydrogen-bond donors (Lipinski definition) is 1. The van der Waals surface area contributed by atoms with Crippen LogP contribution in [0.3, 0.4) is 0 Å². The van der Waals surface area contributed by atoms with Crippen molar-refractivity contribution in [1.82, 2.24) is 9.78 Å². The van der Waals surface area contributed by atoms with Crippen molar-refractivity contribution >= 4 is 34.6 Å². The van der Waals surface area contributed by atoms with Crippen LogP contribution in [-0.2, 0) is 16.2 Å². The monoisotopic (exact) mass is 469 g/mol. The number of halogens is 1. The van der Waals surface area contributed by atoms with Gasteiger partial charge in [-0.25, -0.2) is 0 Å². The van der Waals surface area contributed by atoms with Crippen molar-refractivity contribution in [2.75, 3.05) is 5.32 Å². The highest BCUT2D eigenvalue weighted by Gasteiger charge is 2.31. The third kappa shape index (κ3) is 4.96. The van der Waals surface area contributed by atoms with Gasteiger partial charge < -0.3 is 14.9 Å². The van der Waals surface area contributed by atoms with E-state index in [9.17, 15) is 14.9 Å². The van der Waals surface area contributed by atoms with Crippen LogP contribution in [0.2, 0.25) is 5.02 Å². The summed E-state index contributed by atoms with van der Waals surface area (Å²) in [6, 6.07) is 10.5. The Balaban J connectivity index is 1.48. The first kappa shape index (κ1) is 22.3. The summed E-state index contributed by atoms with van der Waals surface area (Å²) in [5.41, 5.74) is 2.34. The minimum Gasteiger partial charge on any atom is -0.457 e.